The number of carbonyl (C=O) groups is 3. The van der Waals surface area contributed by atoms with E-state index in [1.54, 1.807) is 67.0 Å². The van der Waals surface area contributed by atoms with Gasteiger partial charge in [-0.1, -0.05) is 12.1 Å². The standard InChI is InChI=1S/C27H22N2O7/c1-34-27(33)18-4-2-17(3-5-18)23-22(24(30)19-6-7-20-21(14-19)36-13-12-35-20)25(31)26(32)29(23)15-16-8-10-28-11-9-16/h2-11,14,23,30H,12-13,15H2,1H3/t23-/m1/s1. The number of carbonyl (C=O) groups excluding carboxylic acids is 3. The summed E-state index contributed by atoms with van der Waals surface area (Å²) in [6.07, 6.45) is 3.20. The van der Waals surface area contributed by atoms with Gasteiger partial charge in [0.15, 0.2) is 11.5 Å². The minimum Gasteiger partial charge on any atom is -0.507 e. The van der Waals surface area contributed by atoms with Gasteiger partial charge in [-0.15, -0.1) is 0 Å². The average Bonchev–Trinajstić information content (AvgIpc) is 3.17. The molecule has 1 saturated heterocycles. The number of pyridine rings is 1. The number of Topliss-reactive ketones (excluding diaryl/α,β-unsaturated/α-hetero) is 1. The largest absolute Gasteiger partial charge is 0.507 e. The summed E-state index contributed by atoms with van der Waals surface area (Å²) in [4.78, 5) is 43.8. The number of aliphatic hydroxyl groups is 1. The van der Waals surface area contributed by atoms with Crippen molar-refractivity contribution in [2.75, 3.05) is 20.3 Å². The third kappa shape index (κ3) is 4.15. The van der Waals surface area contributed by atoms with E-state index in [1.165, 1.54) is 12.0 Å². The molecule has 182 valence electrons. The Balaban J connectivity index is 1.62. The van der Waals surface area contributed by atoms with Crippen LogP contribution in [0.2, 0.25) is 0 Å². The maximum Gasteiger partial charge on any atom is 0.337 e. The first-order chi connectivity index (χ1) is 17.5. The van der Waals surface area contributed by atoms with Crippen LogP contribution in [0.4, 0.5) is 0 Å². The minimum absolute atomic E-state index is 0.0587. The molecular formula is C27H22N2O7. The zero-order valence-corrected chi connectivity index (χ0v) is 19.3. The van der Waals surface area contributed by atoms with E-state index in [0.29, 0.717) is 41.4 Å². The summed E-state index contributed by atoms with van der Waals surface area (Å²) in [5.41, 5.74) is 1.89. The molecular weight excluding hydrogens is 464 g/mol. The van der Waals surface area contributed by atoms with E-state index in [4.69, 9.17) is 14.2 Å². The first kappa shape index (κ1) is 23.1. The van der Waals surface area contributed by atoms with Gasteiger partial charge in [0.1, 0.15) is 19.0 Å². The molecule has 9 heteroatoms. The highest BCUT2D eigenvalue weighted by molar-refractivity contribution is 6.46. The Kier molecular flexibility index (Phi) is 6.12. The van der Waals surface area contributed by atoms with Crippen LogP contribution in [-0.4, -0.2) is 53.0 Å². The number of benzene rings is 2. The fraction of sp³-hybridized carbons (Fsp3) is 0.185. The highest BCUT2D eigenvalue weighted by Gasteiger charge is 2.46. The Morgan fingerprint density at radius 2 is 1.67 bits per heavy atom. The molecule has 5 rings (SSSR count). The van der Waals surface area contributed by atoms with E-state index in [9.17, 15) is 19.5 Å². The second-order valence-electron chi connectivity index (χ2n) is 8.25. The molecule has 1 fully saturated rings. The van der Waals surface area contributed by atoms with E-state index in [2.05, 4.69) is 4.98 Å². The summed E-state index contributed by atoms with van der Waals surface area (Å²) in [6, 6.07) is 13.8. The summed E-state index contributed by atoms with van der Waals surface area (Å²) in [5, 5.41) is 11.3. The van der Waals surface area contributed by atoms with Crippen LogP contribution in [0, 0.1) is 0 Å². The zero-order chi connectivity index (χ0) is 25.2. The summed E-state index contributed by atoms with van der Waals surface area (Å²) in [7, 11) is 1.28. The molecule has 3 aromatic rings. The third-order valence-corrected chi connectivity index (χ3v) is 6.11. The number of methoxy groups -OCH3 is 1. The quantitative estimate of drug-likeness (QED) is 0.253. The van der Waals surface area contributed by atoms with Gasteiger partial charge in [0.05, 0.1) is 24.3 Å². The van der Waals surface area contributed by atoms with Gasteiger partial charge < -0.3 is 24.2 Å². The first-order valence-electron chi connectivity index (χ1n) is 11.2. The number of aromatic nitrogens is 1. The predicted molar refractivity (Wildman–Crippen MR) is 127 cm³/mol. The van der Waals surface area contributed by atoms with Crippen molar-refractivity contribution in [3.8, 4) is 11.5 Å². The molecule has 36 heavy (non-hydrogen) atoms. The van der Waals surface area contributed by atoms with Crippen molar-refractivity contribution in [1.82, 2.24) is 9.88 Å². The van der Waals surface area contributed by atoms with Gasteiger partial charge in [0.2, 0.25) is 0 Å². The van der Waals surface area contributed by atoms with Crippen molar-refractivity contribution in [3.05, 3.63) is 94.8 Å². The summed E-state index contributed by atoms with van der Waals surface area (Å²) in [6.45, 7) is 0.897. The smallest absolute Gasteiger partial charge is 0.337 e. The topological polar surface area (TPSA) is 115 Å². The number of ether oxygens (including phenoxy) is 3. The molecule has 0 saturated carbocycles. The molecule has 9 nitrogen and oxygen atoms in total. The van der Waals surface area contributed by atoms with Crippen molar-refractivity contribution >= 4 is 23.4 Å². The Morgan fingerprint density at radius 3 is 2.36 bits per heavy atom. The van der Waals surface area contributed by atoms with Gasteiger partial charge in [-0.3, -0.25) is 14.6 Å². The second-order valence-corrected chi connectivity index (χ2v) is 8.25. The maximum absolute atomic E-state index is 13.3. The summed E-state index contributed by atoms with van der Waals surface area (Å²) in [5.74, 6) is -1.42. The van der Waals surface area contributed by atoms with Crippen molar-refractivity contribution in [2.24, 2.45) is 0 Å². The molecule has 0 unspecified atom stereocenters. The van der Waals surface area contributed by atoms with Gasteiger partial charge >= 0.3 is 5.97 Å². The van der Waals surface area contributed by atoms with E-state index in [0.717, 1.165) is 5.56 Å². The average molecular weight is 486 g/mol. The molecule has 0 spiro atoms. The van der Waals surface area contributed by atoms with E-state index >= 15 is 0 Å². The van der Waals surface area contributed by atoms with Gasteiger partial charge in [-0.05, 0) is 53.6 Å². The lowest BCUT2D eigenvalue weighted by atomic mass is 9.94. The number of likely N-dealkylation sites (tertiary alicyclic amines) is 1. The number of ketones is 1. The Morgan fingerprint density at radius 1 is 1.00 bits per heavy atom. The molecule has 0 radical (unpaired) electrons. The number of aliphatic hydroxyl groups excluding tert-OH is 1. The van der Waals surface area contributed by atoms with Crippen LogP contribution in [0.25, 0.3) is 5.76 Å². The summed E-state index contributed by atoms with van der Waals surface area (Å²) >= 11 is 0. The van der Waals surface area contributed by atoms with Crippen LogP contribution in [0.3, 0.4) is 0 Å². The number of nitrogens with zero attached hydrogens (tertiary/aromatic N) is 2. The molecule has 3 heterocycles. The number of hydrogen-bond acceptors (Lipinski definition) is 8. The zero-order valence-electron chi connectivity index (χ0n) is 19.3. The first-order valence-corrected chi connectivity index (χ1v) is 11.2. The lowest BCUT2D eigenvalue weighted by molar-refractivity contribution is -0.140. The SMILES string of the molecule is COC(=O)c1ccc([C@@H]2C(=C(O)c3ccc4c(c3)OCCO4)C(=O)C(=O)N2Cc2ccncc2)cc1. The van der Waals surface area contributed by atoms with Crippen LogP contribution in [0.5, 0.6) is 11.5 Å². The van der Waals surface area contributed by atoms with Crippen molar-refractivity contribution in [1.29, 1.82) is 0 Å². The fourth-order valence-electron chi connectivity index (χ4n) is 4.34. The van der Waals surface area contributed by atoms with Crippen LogP contribution < -0.4 is 9.47 Å². The Labute approximate surface area is 206 Å². The second kappa shape index (κ2) is 9.53. The lowest BCUT2D eigenvalue weighted by Gasteiger charge is -2.25. The molecule has 2 aliphatic rings. The summed E-state index contributed by atoms with van der Waals surface area (Å²) < 4.78 is 15.9. The molecule has 2 aromatic carbocycles. The van der Waals surface area contributed by atoms with E-state index in [-0.39, 0.29) is 17.9 Å². The van der Waals surface area contributed by atoms with Gasteiger partial charge in [0, 0.05) is 24.5 Å². The highest BCUT2D eigenvalue weighted by Crippen LogP contribution is 2.41. The number of esters is 1. The van der Waals surface area contributed by atoms with Crippen molar-refractivity contribution in [3.63, 3.8) is 0 Å². The van der Waals surface area contributed by atoms with Gasteiger partial charge in [0.25, 0.3) is 11.7 Å². The molecule has 1 amide bonds. The maximum atomic E-state index is 13.3. The van der Waals surface area contributed by atoms with Crippen LogP contribution in [-0.2, 0) is 20.9 Å². The number of fused-ring (bicyclic) bond motifs is 1. The molecule has 2 aliphatic heterocycles. The van der Waals surface area contributed by atoms with E-state index in [1.807, 2.05) is 0 Å². The van der Waals surface area contributed by atoms with Crippen molar-refractivity contribution in [2.45, 2.75) is 12.6 Å². The Bertz CT molecular complexity index is 1370. The monoisotopic (exact) mass is 486 g/mol. The molecule has 0 bridgehead atoms. The number of amides is 1. The normalized spacial score (nSPS) is 18.2. The van der Waals surface area contributed by atoms with Gasteiger partial charge in [-0.25, -0.2) is 4.79 Å². The number of hydrogen-bond donors (Lipinski definition) is 1. The van der Waals surface area contributed by atoms with Crippen LogP contribution in [0.15, 0.2) is 72.6 Å². The predicted octanol–water partition coefficient (Wildman–Crippen LogP) is 3.26. The molecule has 1 N–H and O–H groups in total. The van der Waals surface area contributed by atoms with Crippen molar-refractivity contribution < 1.29 is 33.7 Å². The van der Waals surface area contributed by atoms with Gasteiger partial charge in [-0.2, -0.15) is 0 Å². The number of rotatable bonds is 5. The Hall–Kier alpha value is -4.66. The molecule has 1 aromatic heterocycles. The highest BCUT2D eigenvalue weighted by atomic mass is 16.6. The molecule has 1 atom stereocenters. The van der Waals surface area contributed by atoms with Crippen LogP contribution >= 0.6 is 0 Å². The van der Waals surface area contributed by atoms with Crippen LogP contribution in [0.1, 0.15) is 33.1 Å². The molecule has 0 aliphatic carbocycles. The fourth-order valence-corrected chi connectivity index (χ4v) is 4.34. The lowest BCUT2D eigenvalue weighted by Crippen LogP contribution is -2.29. The minimum atomic E-state index is -0.891. The third-order valence-electron chi connectivity index (χ3n) is 6.11. The van der Waals surface area contributed by atoms with E-state index < -0.39 is 23.7 Å².